The van der Waals surface area contributed by atoms with Crippen molar-refractivity contribution in [2.75, 3.05) is 0 Å². The number of fused-ring (bicyclic) bond motifs is 7. The summed E-state index contributed by atoms with van der Waals surface area (Å²) in [6, 6.07) is 54.7. The number of benzene rings is 7. The third-order valence-electron chi connectivity index (χ3n) is 11.9. The van der Waals surface area contributed by atoms with Crippen LogP contribution in [-0.2, 0) is 6.42 Å². The molecule has 0 saturated heterocycles. The van der Waals surface area contributed by atoms with E-state index < -0.39 is 0 Å². The molecular formula is C55H39N3. The van der Waals surface area contributed by atoms with Crippen molar-refractivity contribution in [1.29, 1.82) is 0 Å². The van der Waals surface area contributed by atoms with Gasteiger partial charge in [-0.25, -0.2) is 9.97 Å². The number of aryl methyl sites for hydroxylation is 1. The summed E-state index contributed by atoms with van der Waals surface area (Å²) in [4.78, 5) is 15.1. The first-order valence-electron chi connectivity index (χ1n) is 20.3. The Morgan fingerprint density at radius 3 is 1.95 bits per heavy atom. The Hall–Kier alpha value is -7.23. The highest BCUT2D eigenvalue weighted by atomic mass is 14.9. The molecule has 0 spiro atoms. The summed E-state index contributed by atoms with van der Waals surface area (Å²) in [5, 5.41) is 7.82. The highest BCUT2D eigenvalue weighted by molar-refractivity contribution is 6.13. The molecule has 2 heterocycles. The van der Waals surface area contributed by atoms with Crippen molar-refractivity contribution >= 4 is 49.5 Å². The van der Waals surface area contributed by atoms with E-state index in [4.69, 9.17) is 9.97 Å². The van der Waals surface area contributed by atoms with E-state index in [-0.39, 0.29) is 0 Å². The summed E-state index contributed by atoms with van der Waals surface area (Å²) < 4.78 is 0. The Bertz CT molecular complexity index is 3170. The van der Waals surface area contributed by atoms with Crippen LogP contribution in [0.1, 0.15) is 41.8 Å². The molecular weight excluding hydrogens is 703 g/mol. The third-order valence-corrected chi connectivity index (χ3v) is 11.9. The molecule has 2 aliphatic carbocycles. The van der Waals surface area contributed by atoms with Crippen LogP contribution in [0.5, 0.6) is 0 Å². The van der Waals surface area contributed by atoms with Gasteiger partial charge in [-0.05, 0) is 145 Å². The van der Waals surface area contributed by atoms with E-state index in [2.05, 4.69) is 175 Å². The van der Waals surface area contributed by atoms with Gasteiger partial charge in [-0.15, -0.1) is 0 Å². The maximum atomic E-state index is 5.36. The first kappa shape index (κ1) is 34.1. The molecule has 0 fully saturated rings. The van der Waals surface area contributed by atoms with Crippen LogP contribution >= 0.6 is 0 Å². The lowest BCUT2D eigenvalue weighted by Crippen LogP contribution is -2.02. The van der Waals surface area contributed by atoms with Gasteiger partial charge in [-0.2, -0.15) is 0 Å². The molecule has 11 rings (SSSR count). The van der Waals surface area contributed by atoms with Crippen LogP contribution in [0.2, 0.25) is 0 Å². The van der Waals surface area contributed by atoms with Crippen molar-refractivity contribution in [3.63, 3.8) is 0 Å². The molecule has 3 heteroatoms. The minimum atomic E-state index is 0.773. The van der Waals surface area contributed by atoms with Gasteiger partial charge in [0.1, 0.15) is 0 Å². The molecule has 9 aromatic rings. The van der Waals surface area contributed by atoms with Crippen molar-refractivity contribution in [2.45, 2.75) is 25.7 Å². The standard InChI is InChI=1S/C55H39N3/c1-2-12-37-29-41(25-24-36(37)11-1)38-13-7-16-43(30-38)53-34-54(44-17-8-15-40(31-44)46-19-10-28-56-35-46)58-55(57-53)45-18-9-14-39(32-45)42-26-27-51-49-22-4-3-20-47(49)48-21-5-6-23-50(48)52(51)33-42/h1-5,7-8,10-17,19-22,24-35H,6,9,18,23H2. The van der Waals surface area contributed by atoms with Gasteiger partial charge >= 0.3 is 0 Å². The SMILES string of the molecule is C1=Cc2c(c3cc(C4=CCCC(c5nc(-c6cccc(-c7cccnc7)c6)cc(-c6cccc(-c7ccc8ccccc8c7)c6)n5)=C4)ccc3c3ccccc23)CC1. The lowest BCUT2D eigenvalue weighted by atomic mass is 9.85. The van der Waals surface area contributed by atoms with E-state index in [0.717, 1.165) is 76.3 Å². The minimum Gasteiger partial charge on any atom is -0.264 e. The molecule has 2 aromatic heterocycles. The van der Waals surface area contributed by atoms with E-state index in [1.807, 2.05) is 18.5 Å². The van der Waals surface area contributed by atoms with Crippen LogP contribution in [0, 0.1) is 0 Å². The summed E-state index contributed by atoms with van der Waals surface area (Å²) in [6.45, 7) is 0. The fraction of sp³-hybridized carbons (Fsp3) is 0.0727. The molecule has 0 bridgehead atoms. The van der Waals surface area contributed by atoms with Crippen LogP contribution < -0.4 is 0 Å². The summed E-state index contributed by atoms with van der Waals surface area (Å²) in [5.74, 6) is 0.773. The zero-order valence-corrected chi connectivity index (χ0v) is 32.1. The number of rotatable bonds is 6. The van der Waals surface area contributed by atoms with Crippen molar-refractivity contribution < 1.29 is 0 Å². The molecule has 3 nitrogen and oxygen atoms in total. The molecule has 0 unspecified atom stereocenters. The third kappa shape index (κ3) is 6.22. The van der Waals surface area contributed by atoms with Crippen molar-refractivity contribution in [3.05, 3.63) is 205 Å². The summed E-state index contributed by atoms with van der Waals surface area (Å²) in [5.41, 5.74) is 14.9. The Balaban J connectivity index is 1.03. The highest BCUT2D eigenvalue weighted by Gasteiger charge is 2.19. The van der Waals surface area contributed by atoms with Gasteiger partial charge in [0.15, 0.2) is 5.82 Å². The Kier molecular flexibility index (Phi) is 8.44. The first-order chi connectivity index (χ1) is 28.7. The van der Waals surface area contributed by atoms with Crippen LogP contribution in [0.25, 0.3) is 94.3 Å². The molecule has 0 aliphatic heterocycles. The van der Waals surface area contributed by atoms with E-state index >= 15 is 0 Å². The Morgan fingerprint density at radius 2 is 1.14 bits per heavy atom. The average molecular weight is 742 g/mol. The number of hydrogen-bond donors (Lipinski definition) is 0. The lowest BCUT2D eigenvalue weighted by molar-refractivity contribution is 1.00. The molecule has 0 atom stereocenters. The quantitative estimate of drug-likeness (QED) is 0.159. The van der Waals surface area contributed by atoms with Gasteiger partial charge in [0.05, 0.1) is 11.4 Å². The van der Waals surface area contributed by atoms with Gasteiger partial charge < -0.3 is 0 Å². The molecule has 0 N–H and O–H groups in total. The topological polar surface area (TPSA) is 38.7 Å². The maximum absolute atomic E-state index is 5.36. The van der Waals surface area contributed by atoms with E-state index in [9.17, 15) is 0 Å². The average Bonchev–Trinajstić information content (AvgIpc) is 3.31. The van der Waals surface area contributed by atoms with Gasteiger partial charge in [-0.1, -0.05) is 133 Å². The number of pyridine rings is 1. The number of aromatic nitrogens is 3. The first-order valence-corrected chi connectivity index (χ1v) is 20.3. The molecule has 0 radical (unpaired) electrons. The summed E-state index contributed by atoms with van der Waals surface area (Å²) >= 11 is 0. The van der Waals surface area contributed by atoms with Crippen LogP contribution in [0.4, 0.5) is 0 Å². The normalized spacial score (nSPS) is 13.7. The van der Waals surface area contributed by atoms with Gasteiger partial charge in [-0.3, -0.25) is 4.98 Å². The predicted octanol–water partition coefficient (Wildman–Crippen LogP) is 14.2. The number of nitrogens with zero attached hydrogens (tertiary/aromatic N) is 3. The molecule has 58 heavy (non-hydrogen) atoms. The smallest absolute Gasteiger partial charge is 0.156 e. The van der Waals surface area contributed by atoms with Gasteiger partial charge in [0, 0.05) is 29.1 Å². The maximum Gasteiger partial charge on any atom is 0.156 e. The predicted molar refractivity (Wildman–Crippen MR) is 243 cm³/mol. The fourth-order valence-electron chi connectivity index (χ4n) is 8.94. The molecule has 7 aromatic carbocycles. The second-order valence-corrected chi connectivity index (χ2v) is 15.4. The molecule has 2 aliphatic rings. The Morgan fingerprint density at radius 1 is 0.448 bits per heavy atom. The second kappa shape index (κ2) is 14.4. The van der Waals surface area contributed by atoms with E-state index in [1.165, 1.54) is 60.1 Å². The van der Waals surface area contributed by atoms with E-state index in [1.54, 1.807) is 0 Å². The number of allylic oxidation sites excluding steroid dienone is 5. The van der Waals surface area contributed by atoms with Crippen LogP contribution in [0.3, 0.4) is 0 Å². The molecule has 0 saturated carbocycles. The van der Waals surface area contributed by atoms with E-state index in [0.29, 0.717) is 0 Å². The molecule has 0 amide bonds. The zero-order chi connectivity index (χ0) is 38.4. The number of hydrogen-bond acceptors (Lipinski definition) is 3. The molecule has 274 valence electrons. The van der Waals surface area contributed by atoms with Crippen LogP contribution in [0.15, 0.2) is 182 Å². The summed E-state index contributed by atoms with van der Waals surface area (Å²) in [6.07, 6.45) is 17.0. The fourth-order valence-corrected chi connectivity index (χ4v) is 8.94. The van der Waals surface area contributed by atoms with Crippen molar-refractivity contribution in [1.82, 2.24) is 15.0 Å². The zero-order valence-electron chi connectivity index (χ0n) is 32.1. The second-order valence-electron chi connectivity index (χ2n) is 15.4. The largest absolute Gasteiger partial charge is 0.264 e. The van der Waals surface area contributed by atoms with Crippen LogP contribution in [-0.4, -0.2) is 15.0 Å². The summed E-state index contributed by atoms with van der Waals surface area (Å²) in [7, 11) is 0. The van der Waals surface area contributed by atoms with Crippen molar-refractivity contribution in [3.8, 4) is 44.8 Å². The monoisotopic (exact) mass is 741 g/mol. The van der Waals surface area contributed by atoms with Gasteiger partial charge in [0.2, 0.25) is 0 Å². The Labute approximate surface area is 338 Å². The highest BCUT2D eigenvalue weighted by Crippen LogP contribution is 2.40. The lowest BCUT2D eigenvalue weighted by Gasteiger charge is -2.20. The van der Waals surface area contributed by atoms with Gasteiger partial charge in [0.25, 0.3) is 0 Å². The van der Waals surface area contributed by atoms with Crippen molar-refractivity contribution in [2.24, 2.45) is 0 Å². The minimum absolute atomic E-state index is 0.773.